The standard InChI is InChI=1S/C25H40N4O.HI/c1-19(2)23-11-9-21(10-12-23)16-27-25(26-3)28-17-22-15-24(30)29(18-22)14-13-20-7-5-4-6-8-20;/h4-8,19,21-23H,9-18H2,1-3H3,(H2,26,27,28);1H. The Kier molecular flexibility index (Phi) is 11.1. The number of aliphatic imine (C=N–C) groups is 1. The average molecular weight is 541 g/mol. The van der Waals surface area contributed by atoms with Gasteiger partial charge in [-0.3, -0.25) is 9.79 Å². The summed E-state index contributed by atoms with van der Waals surface area (Å²) in [4.78, 5) is 18.8. The third-order valence-electron chi connectivity index (χ3n) is 6.98. The fraction of sp³-hybridized carbons (Fsp3) is 0.680. The molecular weight excluding hydrogens is 499 g/mol. The summed E-state index contributed by atoms with van der Waals surface area (Å²) < 4.78 is 0. The molecule has 2 fully saturated rings. The van der Waals surface area contributed by atoms with Crippen molar-refractivity contribution in [2.24, 2.45) is 28.7 Å². The largest absolute Gasteiger partial charge is 0.356 e. The molecule has 1 amide bonds. The summed E-state index contributed by atoms with van der Waals surface area (Å²) in [7, 11) is 1.83. The normalized spacial score (nSPS) is 24.3. The Morgan fingerprint density at radius 2 is 1.71 bits per heavy atom. The van der Waals surface area contributed by atoms with E-state index in [0.29, 0.717) is 12.3 Å². The Morgan fingerprint density at radius 1 is 1.06 bits per heavy atom. The SMILES string of the molecule is CN=C(NCC1CCC(C(C)C)CC1)NCC1CC(=O)N(CCc2ccccc2)C1.I. The molecule has 1 unspecified atom stereocenters. The number of nitrogens with zero attached hydrogens (tertiary/aromatic N) is 2. The molecule has 0 radical (unpaired) electrons. The van der Waals surface area contributed by atoms with Gasteiger partial charge in [0.2, 0.25) is 5.91 Å². The van der Waals surface area contributed by atoms with Crippen molar-refractivity contribution in [2.75, 3.05) is 33.2 Å². The van der Waals surface area contributed by atoms with Gasteiger partial charge in [0.1, 0.15) is 0 Å². The van der Waals surface area contributed by atoms with Crippen LogP contribution < -0.4 is 10.6 Å². The third-order valence-corrected chi connectivity index (χ3v) is 6.98. The predicted molar refractivity (Wildman–Crippen MR) is 140 cm³/mol. The molecule has 1 aromatic carbocycles. The lowest BCUT2D eigenvalue weighted by Crippen LogP contribution is -2.42. The molecule has 3 rings (SSSR count). The van der Waals surface area contributed by atoms with Crippen LogP contribution in [0.25, 0.3) is 0 Å². The van der Waals surface area contributed by atoms with Crippen molar-refractivity contribution < 1.29 is 4.79 Å². The number of carbonyl (C=O) groups is 1. The quantitative estimate of drug-likeness (QED) is 0.294. The Bertz CT molecular complexity index is 686. The summed E-state index contributed by atoms with van der Waals surface area (Å²) >= 11 is 0. The first-order valence-corrected chi connectivity index (χ1v) is 11.8. The number of amides is 1. The van der Waals surface area contributed by atoms with Crippen molar-refractivity contribution in [3.63, 3.8) is 0 Å². The summed E-state index contributed by atoms with van der Waals surface area (Å²) in [6, 6.07) is 10.4. The van der Waals surface area contributed by atoms with E-state index < -0.39 is 0 Å². The van der Waals surface area contributed by atoms with Gasteiger partial charge < -0.3 is 15.5 Å². The topological polar surface area (TPSA) is 56.7 Å². The molecule has 1 heterocycles. The van der Waals surface area contributed by atoms with Gasteiger partial charge >= 0.3 is 0 Å². The van der Waals surface area contributed by atoms with Crippen LogP contribution in [0.3, 0.4) is 0 Å². The number of nitrogens with one attached hydrogen (secondary N) is 2. The van der Waals surface area contributed by atoms with E-state index >= 15 is 0 Å². The number of carbonyl (C=O) groups excluding carboxylic acids is 1. The van der Waals surface area contributed by atoms with Crippen LogP contribution in [0.2, 0.25) is 0 Å². The number of guanidine groups is 1. The molecule has 5 nitrogen and oxygen atoms in total. The monoisotopic (exact) mass is 540 g/mol. The summed E-state index contributed by atoms with van der Waals surface area (Å²) in [6.07, 6.45) is 6.92. The van der Waals surface area contributed by atoms with E-state index in [1.807, 2.05) is 18.0 Å². The first kappa shape index (κ1) is 25.9. The molecule has 2 aliphatic rings. The molecular formula is C25H41IN4O. The Balaban J connectivity index is 0.00000341. The fourth-order valence-corrected chi connectivity index (χ4v) is 4.88. The Hall–Kier alpha value is -1.31. The molecule has 1 atom stereocenters. The number of benzene rings is 1. The second-order valence-corrected chi connectivity index (χ2v) is 9.50. The highest BCUT2D eigenvalue weighted by Gasteiger charge is 2.29. The van der Waals surface area contributed by atoms with Gasteiger partial charge in [0.05, 0.1) is 0 Å². The summed E-state index contributed by atoms with van der Waals surface area (Å²) in [5.74, 6) is 3.98. The molecule has 6 heteroatoms. The van der Waals surface area contributed by atoms with Crippen LogP contribution in [-0.2, 0) is 11.2 Å². The number of hydrogen-bond acceptors (Lipinski definition) is 2. The number of halogens is 1. The first-order valence-electron chi connectivity index (χ1n) is 11.8. The van der Waals surface area contributed by atoms with E-state index in [1.165, 1.54) is 31.2 Å². The van der Waals surface area contributed by atoms with Crippen molar-refractivity contribution in [1.29, 1.82) is 0 Å². The highest BCUT2D eigenvalue weighted by molar-refractivity contribution is 14.0. The van der Waals surface area contributed by atoms with Crippen LogP contribution >= 0.6 is 24.0 Å². The summed E-state index contributed by atoms with van der Waals surface area (Å²) in [5, 5.41) is 6.97. The van der Waals surface area contributed by atoms with Crippen molar-refractivity contribution in [3.05, 3.63) is 35.9 Å². The van der Waals surface area contributed by atoms with Gasteiger partial charge in [-0.05, 0) is 55.4 Å². The van der Waals surface area contributed by atoms with Crippen molar-refractivity contribution in [3.8, 4) is 0 Å². The van der Waals surface area contributed by atoms with Gasteiger partial charge in [0, 0.05) is 45.6 Å². The second kappa shape index (κ2) is 13.3. The van der Waals surface area contributed by atoms with E-state index in [-0.39, 0.29) is 29.9 Å². The molecule has 174 valence electrons. The molecule has 1 saturated heterocycles. The summed E-state index contributed by atoms with van der Waals surface area (Å²) in [6.45, 7) is 8.15. The van der Waals surface area contributed by atoms with Crippen LogP contribution in [0.15, 0.2) is 35.3 Å². The zero-order valence-corrected chi connectivity index (χ0v) is 21.8. The zero-order valence-electron chi connectivity index (χ0n) is 19.5. The molecule has 1 aliphatic heterocycles. The molecule has 0 spiro atoms. The minimum Gasteiger partial charge on any atom is -0.356 e. The highest BCUT2D eigenvalue weighted by Crippen LogP contribution is 2.32. The van der Waals surface area contributed by atoms with Crippen LogP contribution in [0.4, 0.5) is 0 Å². The number of likely N-dealkylation sites (tertiary alicyclic amines) is 1. The van der Waals surface area contributed by atoms with Gasteiger partial charge in [-0.2, -0.15) is 0 Å². The van der Waals surface area contributed by atoms with E-state index in [4.69, 9.17) is 0 Å². The van der Waals surface area contributed by atoms with E-state index in [2.05, 4.69) is 53.7 Å². The van der Waals surface area contributed by atoms with Crippen molar-refractivity contribution in [2.45, 2.75) is 52.4 Å². The van der Waals surface area contributed by atoms with Gasteiger partial charge in [-0.25, -0.2) is 0 Å². The summed E-state index contributed by atoms with van der Waals surface area (Å²) in [5.41, 5.74) is 1.29. The predicted octanol–water partition coefficient (Wildman–Crippen LogP) is 4.32. The Morgan fingerprint density at radius 3 is 2.32 bits per heavy atom. The first-order chi connectivity index (χ1) is 14.5. The minimum atomic E-state index is 0. The fourth-order valence-electron chi connectivity index (χ4n) is 4.88. The lowest BCUT2D eigenvalue weighted by atomic mass is 9.77. The van der Waals surface area contributed by atoms with Crippen LogP contribution in [-0.4, -0.2) is 50.0 Å². The molecule has 31 heavy (non-hydrogen) atoms. The van der Waals surface area contributed by atoms with Crippen LogP contribution in [0.5, 0.6) is 0 Å². The molecule has 1 saturated carbocycles. The van der Waals surface area contributed by atoms with Crippen LogP contribution in [0.1, 0.15) is 51.5 Å². The third kappa shape index (κ3) is 8.28. The van der Waals surface area contributed by atoms with Crippen molar-refractivity contribution >= 4 is 35.8 Å². The van der Waals surface area contributed by atoms with Gasteiger partial charge in [-0.15, -0.1) is 24.0 Å². The molecule has 0 aromatic heterocycles. The average Bonchev–Trinajstić information content (AvgIpc) is 3.13. The Labute approximate surface area is 205 Å². The van der Waals surface area contributed by atoms with Gasteiger partial charge in [0.25, 0.3) is 0 Å². The molecule has 0 bridgehead atoms. The highest BCUT2D eigenvalue weighted by atomic mass is 127. The number of rotatable bonds is 8. The van der Waals surface area contributed by atoms with Crippen LogP contribution in [0, 0.1) is 23.7 Å². The van der Waals surface area contributed by atoms with Gasteiger partial charge in [-0.1, -0.05) is 44.2 Å². The van der Waals surface area contributed by atoms with E-state index in [9.17, 15) is 4.79 Å². The molecule has 1 aliphatic carbocycles. The lowest BCUT2D eigenvalue weighted by molar-refractivity contribution is -0.127. The van der Waals surface area contributed by atoms with E-state index in [1.54, 1.807) is 0 Å². The molecule has 2 N–H and O–H groups in total. The second-order valence-electron chi connectivity index (χ2n) is 9.50. The van der Waals surface area contributed by atoms with Crippen molar-refractivity contribution in [1.82, 2.24) is 15.5 Å². The zero-order chi connectivity index (χ0) is 21.3. The lowest BCUT2D eigenvalue weighted by Gasteiger charge is -2.31. The minimum absolute atomic E-state index is 0. The maximum atomic E-state index is 12.4. The maximum Gasteiger partial charge on any atom is 0.223 e. The maximum absolute atomic E-state index is 12.4. The smallest absolute Gasteiger partial charge is 0.223 e. The van der Waals surface area contributed by atoms with Gasteiger partial charge in [0.15, 0.2) is 5.96 Å². The van der Waals surface area contributed by atoms with E-state index in [0.717, 1.165) is 56.3 Å². The molecule has 1 aromatic rings. The number of hydrogen-bond donors (Lipinski definition) is 2.